The van der Waals surface area contributed by atoms with Gasteiger partial charge in [-0.2, -0.15) is 0 Å². The van der Waals surface area contributed by atoms with E-state index in [1.165, 1.54) is 19.4 Å². The van der Waals surface area contributed by atoms with E-state index in [4.69, 9.17) is 0 Å². The largest absolute Gasteiger partial charge is 0.366 e. The minimum atomic E-state index is 0.472. The van der Waals surface area contributed by atoms with E-state index < -0.39 is 0 Å². The number of benzene rings is 1. The molecule has 1 aliphatic rings. The van der Waals surface area contributed by atoms with Crippen molar-refractivity contribution in [2.24, 2.45) is 0 Å². The molecule has 4 rings (SSSR count). The van der Waals surface area contributed by atoms with Crippen molar-refractivity contribution in [2.75, 3.05) is 25.5 Å². The Kier molecular flexibility index (Phi) is 3.67. The van der Waals surface area contributed by atoms with Gasteiger partial charge in [0.2, 0.25) is 0 Å². The summed E-state index contributed by atoms with van der Waals surface area (Å²) in [5.41, 5.74) is 2.80. The number of likely N-dealkylation sites (N-methyl/N-ethyl adjacent to an activating group) is 1. The van der Waals surface area contributed by atoms with Gasteiger partial charge < -0.3 is 10.2 Å². The quantitative estimate of drug-likeness (QED) is 0.804. The van der Waals surface area contributed by atoms with Crippen LogP contribution < -0.4 is 5.32 Å². The molecule has 0 amide bonds. The number of para-hydroxylation sites is 1. The molecule has 6 nitrogen and oxygen atoms in total. The molecule has 1 aromatic carbocycles. The molecule has 0 spiro atoms. The summed E-state index contributed by atoms with van der Waals surface area (Å²) in [5.74, 6) is 0.915. The van der Waals surface area contributed by atoms with Crippen LogP contribution in [-0.4, -0.2) is 51.1 Å². The van der Waals surface area contributed by atoms with Crippen LogP contribution in [0.2, 0.25) is 0 Å². The maximum atomic E-state index is 4.54. The topological polar surface area (TPSA) is 58.9 Å². The maximum Gasteiger partial charge on any atom is 0.126 e. The molecular weight excluding hydrogens is 288 g/mol. The molecule has 0 aliphatic carbocycles. The van der Waals surface area contributed by atoms with Gasteiger partial charge in [-0.3, -0.25) is 0 Å². The fourth-order valence-corrected chi connectivity index (χ4v) is 3.15. The molecule has 23 heavy (non-hydrogen) atoms. The van der Waals surface area contributed by atoms with Crippen LogP contribution in [0.4, 0.5) is 5.82 Å². The molecule has 3 heterocycles. The van der Waals surface area contributed by atoms with Gasteiger partial charge in [0.15, 0.2) is 0 Å². The predicted molar refractivity (Wildman–Crippen MR) is 90.8 cm³/mol. The minimum absolute atomic E-state index is 0.472. The van der Waals surface area contributed by atoms with Crippen molar-refractivity contribution in [2.45, 2.75) is 18.9 Å². The van der Waals surface area contributed by atoms with Crippen molar-refractivity contribution in [3.8, 4) is 5.69 Å². The first-order valence-corrected chi connectivity index (χ1v) is 8.01. The van der Waals surface area contributed by atoms with Crippen LogP contribution in [0.15, 0.2) is 42.6 Å². The summed E-state index contributed by atoms with van der Waals surface area (Å²) in [5, 5.41) is 11.9. The van der Waals surface area contributed by atoms with Gasteiger partial charge in [-0.15, -0.1) is 5.10 Å². The van der Waals surface area contributed by atoms with Gasteiger partial charge in [-0.25, -0.2) is 9.67 Å². The van der Waals surface area contributed by atoms with Crippen molar-refractivity contribution in [3.05, 3.63) is 42.6 Å². The highest BCUT2D eigenvalue weighted by Crippen LogP contribution is 2.18. The van der Waals surface area contributed by atoms with Crippen LogP contribution in [0, 0.1) is 0 Å². The third-order valence-corrected chi connectivity index (χ3v) is 4.32. The van der Waals surface area contributed by atoms with Gasteiger partial charge in [-0.05, 0) is 50.7 Å². The number of nitrogens with one attached hydrogen (secondary N) is 1. The van der Waals surface area contributed by atoms with E-state index >= 15 is 0 Å². The molecule has 1 unspecified atom stereocenters. The Morgan fingerprint density at radius 2 is 2.09 bits per heavy atom. The Morgan fingerprint density at radius 3 is 2.91 bits per heavy atom. The first kappa shape index (κ1) is 14.1. The van der Waals surface area contributed by atoms with E-state index in [9.17, 15) is 0 Å². The lowest BCUT2D eigenvalue weighted by atomic mass is 10.1. The highest BCUT2D eigenvalue weighted by Gasteiger charge is 2.17. The van der Waals surface area contributed by atoms with Gasteiger partial charge in [0.05, 0.1) is 17.4 Å². The van der Waals surface area contributed by atoms with Crippen molar-refractivity contribution in [3.63, 3.8) is 0 Å². The molecular formula is C17H20N6. The van der Waals surface area contributed by atoms with Gasteiger partial charge in [0.25, 0.3) is 0 Å². The van der Waals surface area contributed by atoms with E-state index in [0.29, 0.717) is 6.04 Å². The molecule has 2 aromatic heterocycles. The minimum Gasteiger partial charge on any atom is -0.366 e. The maximum absolute atomic E-state index is 4.54. The number of anilines is 1. The zero-order valence-corrected chi connectivity index (χ0v) is 13.2. The van der Waals surface area contributed by atoms with E-state index in [0.717, 1.165) is 29.1 Å². The highest BCUT2D eigenvalue weighted by atomic mass is 15.4. The second-order valence-electron chi connectivity index (χ2n) is 6.14. The molecule has 0 radical (unpaired) electrons. The summed E-state index contributed by atoms with van der Waals surface area (Å²) in [7, 11) is 2.17. The molecule has 3 aromatic rings. The number of hydrogen-bond donors (Lipinski definition) is 1. The summed E-state index contributed by atoms with van der Waals surface area (Å²) in [4.78, 5) is 6.90. The number of fused-ring (bicyclic) bond motifs is 1. The number of pyridine rings is 1. The third-order valence-electron chi connectivity index (χ3n) is 4.32. The molecule has 1 N–H and O–H groups in total. The van der Waals surface area contributed by atoms with Crippen LogP contribution in [0.5, 0.6) is 0 Å². The zero-order valence-electron chi connectivity index (χ0n) is 13.2. The Labute approximate surface area is 135 Å². The average molecular weight is 308 g/mol. The van der Waals surface area contributed by atoms with Crippen LogP contribution in [0.3, 0.4) is 0 Å². The monoisotopic (exact) mass is 308 g/mol. The molecule has 1 atom stereocenters. The second-order valence-corrected chi connectivity index (χ2v) is 6.14. The molecule has 1 aliphatic heterocycles. The number of aromatic nitrogens is 4. The van der Waals surface area contributed by atoms with Gasteiger partial charge in [0, 0.05) is 12.6 Å². The van der Waals surface area contributed by atoms with E-state index in [-0.39, 0.29) is 0 Å². The van der Waals surface area contributed by atoms with Crippen molar-refractivity contribution in [1.82, 2.24) is 24.9 Å². The fourth-order valence-electron chi connectivity index (χ4n) is 3.15. The van der Waals surface area contributed by atoms with Crippen molar-refractivity contribution >= 4 is 16.9 Å². The normalized spacial score (nSPS) is 19.1. The average Bonchev–Trinajstić information content (AvgIpc) is 3.00. The van der Waals surface area contributed by atoms with Crippen molar-refractivity contribution in [1.29, 1.82) is 0 Å². The number of piperidine rings is 1. The summed E-state index contributed by atoms with van der Waals surface area (Å²) < 4.78 is 1.82. The fraction of sp³-hybridized carbons (Fsp3) is 0.353. The van der Waals surface area contributed by atoms with Crippen molar-refractivity contribution < 1.29 is 0 Å². The smallest absolute Gasteiger partial charge is 0.126 e. The standard InChI is InChI=1S/C17H20N6/c1-22-10-4-5-13(12-22)19-17-9-8-14(11-18-17)23-16-7-3-2-6-15(16)20-21-23/h2-3,6-9,11,13H,4-5,10,12H2,1H3,(H,18,19). The Bertz CT molecular complexity index is 794. The molecule has 0 bridgehead atoms. The summed E-state index contributed by atoms with van der Waals surface area (Å²) in [6, 6.07) is 12.4. The lowest BCUT2D eigenvalue weighted by Gasteiger charge is -2.30. The molecule has 118 valence electrons. The SMILES string of the molecule is CN1CCCC(Nc2ccc(-n3nnc4ccccc43)cn2)C1. The van der Waals surface area contributed by atoms with Crippen LogP contribution in [0.25, 0.3) is 16.7 Å². The Hall–Kier alpha value is -2.47. The van der Waals surface area contributed by atoms with Gasteiger partial charge in [-0.1, -0.05) is 17.3 Å². The highest BCUT2D eigenvalue weighted by molar-refractivity contribution is 5.75. The Morgan fingerprint density at radius 1 is 1.17 bits per heavy atom. The number of nitrogens with zero attached hydrogens (tertiary/aromatic N) is 5. The zero-order chi connectivity index (χ0) is 15.6. The van der Waals surface area contributed by atoms with E-state index in [2.05, 4.69) is 32.6 Å². The summed E-state index contributed by atoms with van der Waals surface area (Å²) in [6.45, 7) is 2.25. The predicted octanol–water partition coefficient (Wildman–Crippen LogP) is 2.32. The molecule has 6 heteroatoms. The second kappa shape index (κ2) is 5.96. The lowest BCUT2D eigenvalue weighted by Crippen LogP contribution is -2.39. The third kappa shape index (κ3) is 2.90. The number of likely N-dealkylation sites (tertiary alicyclic amines) is 1. The summed E-state index contributed by atoms with van der Waals surface area (Å²) >= 11 is 0. The Balaban J connectivity index is 1.54. The molecule has 1 fully saturated rings. The molecule has 1 saturated heterocycles. The van der Waals surface area contributed by atoms with Gasteiger partial charge in [0.1, 0.15) is 11.3 Å². The number of rotatable bonds is 3. The van der Waals surface area contributed by atoms with Crippen LogP contribution in [-0.2, 0) is 0 Å². The van der Waals surface area contributed by atoms with E-state index in [1.807, 2.05) is 47.3 Å². The lowest BCUT2D eigenvalue weighted by molar-refractivity contribution is 0.261. The van der Waals surface area contributed by atoms with Crippen LogP contribution in [0.1, 0.15) is 12.8 Å². The first-order valence-electron chi connectivity index (χ1n) is 8.01. The van der Waals surface area contributed by atoms with E-state index in [1.54, 1.807) is 0 Å². The van der Waals surface area contributed by atoms with Crippen LogP contribution >= 0.6 is 0 Å². The van der Waals surface area contributed by atoms with Gasteiger partial charge >= 0.3 is 0 Å². The molecule has 0 saturated carbocycles. The first-order chi connectivity index (χ1) is 11.3. The number of hydrogen-bond acceptors (Lipinski definition) is 5. The summed E-state index contributed by atoms with van der Waals surface area (Å²) in [6.07, 6.45) is 4.27.